The van der Waals surface area contributed by atoms with Crippen LogP contribution in [0.4, 0.5) is 5.00 Å². The maximum atomic E-state index is 12.9. The van der Waals surface area contributed by atoms with Crippen molar-refractivity contribution in [3.63, 3.8) is 0 Å². The van der Waals surface area contributed by atoms with Crippen molar-refractivity contribution in [1.82, 2.24) is 0 Å². The molecule has 0 radical (unpaired) electrons. The number of benzene rings is 1. The molecular formula is C25H26N2O6S. The molecule has 0 saturated carbocycles. The number of ether oxygens (including phenoxy) is 3. The number of thiophene rings is 1. The monoisotopic (exact) mass is 482 g/mol. The summed E-state index contributed by atoms with van der Waals surface area (Å²) in [6.45, 7) is 2.71. The van der Waals surface area contributed by atoms with E-state index in [1.54, 1.807) is 24.3 Å². The summed E-state index contributed by atoms with van der Waals surface area (Å²) in [7, 11) is 2.53. The van der Waals surface area contributed by atoms with Crippen LogP contribution < -0.4 is 10.1 Å². The molecule has 0 fully saturated rings. The Morgan fingerprint density at radius 3 is 2.56 bits per heavy atom. The van der Waals surface area contributed by atoms with Gasteiger partial charge in [0.15, 0.2) is 0 Å². The Morgan fingerprint density at radius 2 is 1.94 bits per heavy atom. The number of methoxy groups -OCH3 is 2. The molecule has 1 N–H and O–H groups in total. The molecule has 1 aliphatic carbocycles. The summed E-state index contributed by atoms with van der Waals surface area (Å²) in [6, 6.07) is 8.98. The molecule has 1 amide bonds. The molecule has 0 bridgehead atoms. The van der Waals surface area contributed by atoms with Crippen molar-refractivity contribution < 1.29 is 28.6 Å². The number of fused-ring (bicyclic) bond motifs is 1. The van der Waals surface area contributed by atoms with E-state index in [2.05, 4.69) is 12.2 Å². The fourth-order valence-corrected chi connectivity index (χ4v) is 4.98. The first-order valence-electron chi connectivity index (χ1n) is 10.9. The van der Waals surface area contributed by atoms with E-state index < -0.39 is 23.8 Å². The van der Waals surface area contributed by atoms with Crippen LogP contribution in [0.25, 0.3) is 6.08 Å². The molecule has 1 aromatic carbocycles. The molecule has 8 nitrogen and oxygen atoms in total. The average molecular weight is 483 g/mol. The van der Waals surface area contributed by atoms with Crippen molar-refractivity contribution >= 4 is 40.3 Å². The van der Waals surface area contributed by atoms with Gasteiger partial charge in [-0.1, -0.05) is 25.5 Å². The smallest absolute Gasteiger partial charge is 0.341 e. The van der Waals surface area contributed by atoms with Gasteiger partial charge in [0, 0.05) is 4.88 Å². The number of nitrogens with one attached hydrogen (secondary N) is 1. The molecule has 1 atom stereocenters. The van der Waals surface area contributed by atoms with Crippen LogP contribution in [0.2, 0.25) is 0 Å². The number of aryl methyl sites for hydroxylation is 1. The number of nitrogens with zero attached hydrogens (tertiary/aromatic N) is 1. The Morgan fingerprint density at radius 1 is 1.21 bits per heavy atom. The van der Waals surface area contributed by atoms with Gasteiger partial charge in [-0.05, 0) is 48.6 Å². The van der Waals surface area contributed by atoms with Gasteiger partial charge in [-0.2, -0.15) is 5.26 Å². The summed E-state index contributed by atoms with van der Waals surface area (Å²) < 4.78 is 15.4. The highest BCUT2D eigenvalue weighted by atomic mass is 32.1. The van der Waals surface area contributed by atoms with Gasteiger partial charge in [0.1, 0.15) is 22.4 Å². The zero-order chi connectivity index (χ0) is 24.7. The van der Waals surface area contributed by atoms with E-state index in [-0.39, 0.29) is 16.1 Å². The first kappa shape index (κ1) is 25.0. The summed E-state index contributed by atoms with van der Waals surface area (Å²) in [5.41, 5.74) is 1.19. The fraction of sp³-hybridized carbons (Fsp3) is 0.360. The van der Waals surface area contributed by atoms with E-state index in [1.807, 2.05) is 6.07 Å². The second kappa shape index (κ2) is 11.5. The summed E-state index contributed by atoms with van der Waals surface area (Å²) in [6.07, 6.45) is 4.55. The van der Waals surface area contributed by atoms with Gasteiger partial charge in [0.25, 0.3) is 5.91 Å². The van der Waals surface area contributed by atoms with Gasteiger partial charge in [-0.25, -0.2) is 4.79 Å². The zero-order valence-electron chi connectivity index (χ0n) is 19.3. The van der Waals surface area contributed by atoms with E-state index in [0.29, 0.717) is 36.3 Å². The molecule has 1 heterocycles. The van der Waals surface area contributed by atoms with Crippen LogP contribution in [0.3, 0.4) is 0 Å². The maximum Gasteiger partial charge on any atom is 0.341 e. The average Bonchev–Trinajstić information content (AvgIpc) is 3.41. The molecule has 0 spiro atoms. The molecule has 1 aliphatic rings. The van der Waals surface area contributed by atoms with Gasteiger partial charge in [-0.15, -0.1) is 11.3 Å². The lowest BCUT2D eigenvalue weighted by Gasteiger charge is -2.11. The zero-order valence-corrected chi connectivity index (χ0v) is 20.1. The summed E-state index contributed by atoms with van der Waals surface area (Å²) in [5.74, 6) is -1.65. The van der Waals surface area contributed by atoms with E-state index in [1.165, 1.54) is 31.6 Å². The minimum Gasteiger partial charge on any atom is -0.494 e. The number of amides is 1. The Balaban J connectivity index is 1.83. The lowest BCUT2D eigenvalue weighted by atomic mass is 9.99. The van der Waals surface area contributed by atoms with Crippen molar-refractivity contribution in [2.24, 2.45) is 0 Å². The van der Waals surface area contributed by atoms with E-state index in [4.69, 9.17) is 14.2 Å². The first-order valence-corrected chi connectivity index (χ1v) is 11.7. The van der Waals surface area contributed by atoms with E-state index in [0.717, 1.165) is 17.7 Å². The number of hydrogen-bond acceptors (Lipinski definition) is 8. The minimum absolute atomic E-state index is 0.131. The Bertz CT molecular complexity index is 1140. The van der Waals surface area contributed by atoms with Gasteiger partial charge in [0.05, 0.1) is 32.3 Å². The Kier molecular flexibility index (Phi) is 8.44. The highest BCUT2D eigenvalue weighted by molar-refractivity contribution is 7.17. The van der Waals surface area contributed by atoms with E-state index >= 15 is 0 Å². The summed E-state index contributed by atoms with van der Waals surface area (Å²) in [4.78, 5) is 38.4. The van der Waals surface area contributed by atoms with E-state index in [9.17, 15) is 19.6 Å². The van der Waals surface area contributed by atoms with Crippen LogP contribution in [0.1, 0.15) is 58.5 Å². The SMILES string of the molecule is CCCCOc1ccc(/C=C(\C#N)C(=O)Nc2sc3c(c2C(=O)OC)C(C(=O)OC)CC3)cc1. The molecule has 178 valence electrons. The number of hydrogen-bond donors (Lipinski definition) is 1. The molecular weight excluding hydrogens is 456 g/mol. The second-order valence-corrected chi connectivity index (χ2v) is 8.75. The lowest BCUT2D eigenvalue weighted by Crippen LogP contribution is -2.18. The van der Waals surface area contributed by atoms with Crippen molar-refractivity contribution in [2.45, 2.75) is 38.5 Å². The number of nitriles is 1. The summed E-state index contributed by atoms with van der Waals surface area (Å²) >= 11 is 1.20. The number of unbranched alkanes of at least 4 members (excludes halogenated alkanes) is 1. The third-order valence-electron chi connectivity index (χ3n) is 5.46. The Hall–Kier alpha value is -3.64. The minimum atomic E-state index is -0.662. The molecule has 34 heavy (non-hydrogen) atoms. The quantitative estimate of drug-likeness (QED) is 0.243. The second-order valence-electron chi connectivity index (χ2n) is 7.64. The van der Waals surface area contributed by atoms with Crippen LogP contribution >= 0.6 is 11.3 Å². The number of rotatable bonds is 9. The van der Waals surface area contributed by atoms with Gasteiger partial charge < -0.3 is 19.5 Å². The lowest BCUT2D eigenvalue weighted by molar-refractivity contribution is -0.142. The predicted octanol–water partition coefficient (Wildman–Crippen LogP) is 4.46. The highest BCUT2D eigenvalue weighted by Crippen LogP contribution is 2.46. The third-order valence-corrected chi connectivity index (χ3v) is 6.64. The van der Waals surface area contributed by atoms with Crippen molar-refractivity contribution in [1.29, 1.82) is 5.26 Å². The summed E-state index contributed by atoms with van der Waals surface area (Å²) in [5, 5.41) is 12.5. The van der Waals surface area contributed by atoms with Gasteiger partial charge >= 0.3 is 11.9 Å². The topological polar surface area (TPSA) is 115 Å². The molecule has 1 aromatic heterocycles. The van der Waals surface area contributed by atoms with Crippen molar-refractivity contribution in [3.05, 3.63) is 51.4 Å². The van der Waals surface area contributed by atoms with Crippen LogP contribution in [0.15, 0.2) is 29.8 Å². The normalized spacial score (nSPS) is 14.6. The van der Waals surface area contributed by atoms with Crippen LogP contribution in [-0.4, -0.2) is 38.7 Å². The third kappa shape index (κ3) is 5.46. The highest BCUT2D eigenvalue weighted by Gasteiger charge is 2.38. The van der Waals surface area contributed by atoms with Crippen LogP contribution in [0.5, 0.6) is 5.75 Å². The number of carbonyl (C=O) groups excluding carboxylic acids is 3. The van der Waals surface area contributed by atoms with Gasteiger partial charge in [-0.3, -0.25) is 9.59 Å². The van der Waals surface area contributed by atoms with Crippen molar-refractivity contribution in [3.8, 4) is 11.8 Å². The molecule has 2 aromatic rings. The number of anilines is 1. The predicted molar refractivity (Wildman–Crippen MR) is 128 cm³/mol. The first-order chi connectivity index (χ1) is 16.4. The Labute approximate surface area is 202 Å². The van der Waals surface area contributed by atoms with Crippen LogP contribution in [0, 0.1) is 11.3 Å². The number of carbonyl (C=O) groups is 3. The molecule has 9 heteroatoms. The molecule has 3 rings (SSSR count). The number of esters is 2. The van der Waals surface area contributed by atoms with Gasteiger partial charge in [0.2, 0.25) is 0 Å². The molecule has 0 aliphatic heterocycles. The maximum absolute atomic E-state index is 12.9. The molecule has 1 unspecified atom stereocenters. The molecule has 0 saturated heterocycles. The largest absolute Gasteiger partial charge is 0.494 e. The van der Waals surface area contributed by atoms with Crippen molar-refractivity contribution in [2.75, 3.05) is 26.1 Å². The van der Waals surface area contributed by atoms with Crippen LogP contribution in [-0.2, 0) is 25.5 Å². The fourth-order valence-electron chi connectivity index (χ4n) is 3.72. The standard InChI is InChI=1S/C25H26N2O6S/c1-4-5-12-33-17-8-6-15(7-9-17)13-16(14-26)22(28)27-23-21(25(30)32-3)20-18(24(29)31-2)10-11-19(20)34-23/h6-9,13,18H,4-5,10-12H2,1-3H3,(H,27,28)/b16-13+.